The minimum atomic E-state index is -0.607. The summed E-state index contributed by atoms with van der Waals surface area (Å²) in [7, 11) is 0. The van der Waals surface area contributed by atoms with E-state index in [4.69, 9.17) is 9.15 Å². The molecule has 3 heteroatoms. The van der Waals surface area contributed by atoms with E-state index in [1.54, 1.807) is 0 Å². The molecular weight excluding hydrogens is 803 g/mol. The number of benzene rings is 11. The van der Waals surface area contributed by atoms with Crippen LogP contribution in [-0.4, -0.2) is 0 Å². The standard InChI is InChI=1S/C63H39NO2/c1-2-16-41(17-3-1)45-23-14-18-42-32-33-43(38-50(42)45)40-34-36-44(37-35-40)64(57-39-51-47-20-7-11-29-58(47)66-62(51)48-21-5-4-19-46(48)57)56-28-15-27-55-61(56)49-22-6-8-24-52(49)63(55)53-25-9-12-30-59(53)65-60-31-13-10-26-54(60)63/h1-39H. The molecule has 1 aliphatic heterocycles. The minimum absolute atomic E-state index is 0.607. The topological polar surface area (TPSA) is 25.6 Å². The summed E-state index contributed by atoms with van der Waals surface area (Å²) in [6, 6.07) is 85.8. The Hall–Kier alpha value is -8.66. The molecule has 0 N–H and O–H groups in total. The molecule has 0 bridgehead atoms. The van der Waals surface area contributed by atoms with Crippen molar-refractivity contribution in [2.75, 3.05) is 4.90 Å². The SMILES string of the molecule is c1ccc(-c2cccc3ccc(-c4ccc(N(c5cccc6c5-c5ccccc5C65c6ccccc6Oc6ccccc65)c5cc6c7ccccc7oc6c6ccccc56)cc4)cc23)cc1. The molecular formula is C63H39NO2. The maximum Gasteiger partial charge on any atom is 0.143 e. The van der Waals surface area contributed by atoms with E-state index in [9.17, 15) is 0 Å². The second kappa shape index (κ2) is 14.2. The van der Waals surface area contributed by atoms with Gasteiger partial charge in [-0.3, -0.25) is 0 Å². The van der Waals surface area contributed by atoms with Crippen LogP contribution in [0.2, 0.25) is 0 Å². The predicted molar refractivity (Wildman–Crippen MR) is 272 cm³/mol. The average molecular weight is 842 g/mol. The highest BCUT2D eigenvalue weighted by atomic mass is 16.5. The summed E-state index contributed by atoms with van der Waals surface area (Å²) in [5.41, 5.74) is 16.4. The van der Waals surface area contributed by atoms with Crippen molar-refractivity contribution in [2.24, 2.45) is 0 Å². The van der Waals surface area contributed by atoms with Crippen LogP contribution in [0.5, 0.6) is 11.5 Å². The monoisotopic (exact) mass is 841 g/mol. The normalized spacial score (nSPS) is 13.1. The van der Waals surface area contributed by atoms with Crippen molar-refractivity contribution in [3.63, 3.8) is 0 Å². The smallest absolute Gasteiger partial charge is 0.143 e. The molecule has 0 fully saturated rings. The molecule has 2 heterocycles. The van der Waals surface area contributed by atoms with Crippen LogP contribution in [-0.2, 0) is 5.41 Å². The molecule has 2 aliphatic rings. The maximum atomic E-state index is 6.71. The van der Waals surface area contributed by atoms with Crippen LogP contribution in [0, 0.1) is 0 Å². The van der Waals surface area contributed by atoms with E-state index in [0.29, 0.717) is 0 Å². The number of ether oxygens (including phenoxy) is 1. The lowest BCUT2D eigenvalue weighted by Crippen LogP contribution is -2.32. The first kappa shape index (κ1) is 36.8. The number of para-hydroxylation sites is 3. The lowest BCUT2D eigenvalue weighted by molar-refractivity contribution is 0.436. The third-order valence-electron chi connectivity index (χ3n) is 14.1. The molecule has 1 spiro atoms. The van der Waals surface area contributed by atoms with E-state index >= 15 is 0 Å². The van der Waals surface area contributed by atoms with Crippen LogP contribution < -0.4 is 9.64 Å². The molecule has 0 saturated heterocycles. The Kier molecular flexibility index (Phi) is 7.90. The van der Waals surface area contributed by atoms with Crippen LogP contribution in [0.4, 0.5) is 17.1 Å². The zero-order valence-electron chi connectivity index (χ0n) is 35.8. The van der Waals surface area contributed by atoms with Gasteiger partial charge in [0.2, 0.25) is 0 Å². The molecule has 0 radical (unpaired) electrons. The van der Waals surface area contributed by atoms with Crippen molar-refractivity contribution in [2.45, 2.75) is 5.41 Å². The summed E-state index contributed by atoms with van der Waals surface area (Å²) >= 11 is 0. The van der Waals surface area contributed by atoms with Gasteiger partial charge in [0.15, 0.2) is 0 Å². The molecule has 12 aromatic rings. The molecule has 1 aromatic heterocycles. The van der Waals surface area contributed by atoms with Gasteiger partial charge in [-0.1, -0.05) is 188 Å². The van der Waals surface area contributed by atoms with Crippen LogP contribution in [0.25, 0.3) is 76.9 Å². The van der Waals surface area contributed by atoms with Gasteiger partial charge in [0.05, 0.1) is 16.8 Å². The average Bonchev–Trinajstić information content (AvgIpc) is 3.91. The lowest BCUT2D eigenvalue weighted by Gasteiger charge is -2.39. The zero-order valence-corrected chi connectivity index (χ0v) is 35.8. The minimum Gasteiger partial charge on any atom is -0.457 e. The first-order chi connectivity index (χ1) is 32.7. The van der Waals surface area contributed by atoms with Gasteiger partial charge < -0.3 is 14.1 Å². The van der Waals surface area contributed by atoms with Gasteiger partial charge in [-0.05, 0) is 98.2 Å². The maximum absolute atomic E-state index is 6.71. The second-order valence-corrected chi connectivity index (χ2v) is 17.5. The van der Waals surface area contributed by atoms with Crippen molar-refractivity contribution in [3.05, 3.63) is 259 Å². The fraction of sp³-hybridized carbons (Fsp3) is 0.0159. The third-order valence-corrected chi connectivity index (χ3v) is 14.1. The van der Waals surface area contributed by atoms with Crippen LogP contribution in [0.1, 0.15) is 22.3 Å². The summed E-state index contributed by atoms with van der Waals surface area (Å²) in [4.78, 5) is 2.49. The fourth-order valence-corrected chi connectivity index (χ4v) is 11.3. The fourth-order valence-electron chi connectivity index (χ4n) is 11.3. The first-order valence-corrected chi connectivity index (χ1v) is 22.7. The molecule has 0 amide bonds. The molecule has 0 unspecified atom stereocenters. The first-order valence-electron chi connectivity index (χ1n) is 22.7. The zero-order chi connectivity index (χ0) is 43.3. The number of hydrogen-bond acceptors (Lipinski definition) is 3. The highest BCUT2D eigenvalue weighted by molar-refractivity contribution is 6.20. The molecule has 14 rings (SSSR count). The van der Waals surface area contributed by atoms with Gasteiger partial charge >= 0.3 is 0 Å². The second-order valence-electron chi connectivity index (χ2n) is 17.5. The Morgan fingerprint density at radius 1 is 0.348 bits per heavy atom. The van der Waals surface area contributed by atoms with Gasteiger partial charge in [-0.2, -0.15) is 0 Å². The highest BCUT2D eigenvalue weighted by Crippen LogP contribution is 2.64. The lowest BCUT2D eigenvalue weighted by atomic mass is 9.66. The molecule has 0 saturated carbocycles. The number of furan rings is 1. The third kappa shape index (κ3) is 5.20. The highest BCUT2D eigenvalue weighted by Gasteiger charge is 2.52. The van der Waals surface area contributed by atoms with Crippen molar-refractivity contribution in [3.8, 4) is 44.9 Å². The molecule has 11 aromatic carbocycles. The summed E-state index contributed by atoms with van der Waals surface area (Å²) in [6.45, 7) is 0. The molecule has 3 nitrogen and oxygen atoms in total. The van der Waals surface area contributed by atoms with Crippen LogP contribution in [0.15, 0.2) is 241 Å². The van der Waals surface area contributed by atoms with Crippen molar-refractivity contribution < 1.29 is 9.15 Å². The largest absolute Gasteiger partial charge is 0.457 e. The van der Waals surface area contributed by atoms with Crippen molar-refractivity contribution in [1.29, 1.82) is 0 Å². The number of hydrogen-bond donors (Lipinski definition) is 0. The van der Waals surface area contributed by atoms with Crippen LogP contribution >= 0.6 is 0 Å². The molecule has 1 aliphatic carbocycles. The van der Waals surface area contributed by atoms with Gasteiger partial charge in [0.1, 0.15) is 22.7 Å². The Labute approximate surface area is 382 Å². The summed E-state index contributed by atoms with van der Waals surface area (Å²) in [5.74, 6) is 1.76. The van der Waals surface area contributed by atoms with Crippen molar-refractivity contribution in [1.82, 2.24) is 0 Å². The van der Waals surface area contributed by atoms with E-state index in [2.05, 4.69) is 235 Å². The molecule has 308 valence electrons. The Bertz CT molecular complexity index is 3870. The van der Waals surface area contributed by atoms with Gasteiger partial charge in [-0.25, -0.2) is 0 Å². The van der Waals surface area contributed by atoms with Gasteiger partial charge in [0.25, 0.3) is 0 Å². The van der Waals surface area contributed by atoms with Crippen molar-refractivity contribution >= 4 is 60.5 Å². The number of fused-ring (bicyclic) bond motifs is 15. The Morgan fingerprint density at radius 3 is 1.77 bits per heavy atom. The molecule has 0 atom stereocenters. The van der Waals surface area contributed by atoms with E-state index in [0.717, 1.165) is 78.0 Å². The van der Waals surface area contributed by atoms with E-state index in [1.165, 1.54) is 49.7 Å². The van der Waals surface area contributed by atoms with E-state index in [1.807, 2.05) is 6.07 Å². The number of anilines is 3. The summed E-state index contributed by atoms with van der Waals surface area (Å²) < 4.78 is 13.4. The number of nitrogens with zero attached hydrogens (tertiary/aromatic N) is 1. The van der Waals surface area contributed by atoms with E-state index < -0.39 is 5.41 Å². The number of rotatable bonds is 5. The Morgan fingerprint density at radius 2 is 0.970 bits per heavy atom. The quantitative estimate of drug-likeness (QED) is 0.173. The Balaban J connectivity index is 1.03. The van der Waals surface area contributed by atoms with Crippen LogP contribution in [0.3, 0.4) is 0 Å². The van der Waals surface area contributed by atoms with Gasteiger partial charge in [-0.15, -0.1) is 0 Å². The molecule has 66 heavy (non-hydrogen) atoms. The van der Waals surface area contributed by atoms with Gasteiger partial charge in [0, 0.05) is 43.9 Å². The summed E-state index contributed by atoms with van der Waals surface area (Å²) in [5, 5.41) is 6.83. The summed E-state index contributed by atoms with van der Waals surface area (Å²) in [6.07, 6.45) is 0. The predicted octanol–water partition coefficient (Wildman–Crippen LogP) is 17.2. The van der Waals surface area contributed by atoms with E-state index in [-0.39, 0.29) is 0 Å².